The average molecular weight is 1010 g/mol. The lowest BCUT2D eigenvalue weighted by atomic mass is 10.1. The lowest BCUT2D eigenvalue weighted by Gasteiger charge is -2.25. The fourth-order valence-corrected chi connectivity index (χ4v) is 9.66. The van der Waals surface area contributed by atoms with E-state index in [4.69, 9.17) is 24.4 Å². The summed E-state index contributed by atoms with van der Waals surface area (Å²) in [5.74, 6) is 1.43. The molecule has 0 unspecified atom stereocenters. The second kappa shape index (κ2) is 22.2. The Hall–Kier alpha value is -7.02. The molecule has 6 aromatic carbocycles. The normalized spacial score (nSPS) is 12.0. The Labute approximate surface area is 409 Å². The number of aliphatic hydroxyl groups excluding tert-OH is 1. The molecule has 0 aliphatic heterocycles. The van der Waals surface area contributed by atoms with E-state index in [0.717, 1.165) is 11.4 Å². The van der Waals surface area contributed by atoms with E-state index in [1.165, 1.54) is 36.0 Å². The Balaban J connectivity index is 1.35. The molecule has 70 heavy (non-hydrogen) atoms. The van der Waals surface area contributed by atoms with E-state index in [1.807, 2.05) is 39.8 Å². The molecular formula is C47H51N11O9S3. The number of aromatic nitrogens is 3. The number of methoxy groups -OCH3 is 2. The number of rotatable bonds is 21. The van der Waals surface area contributed by atoms with Crippen LogP contribution >= 0.6 is 11.8 Å². The zero-order chi connectivity index (χ0) is 50.2. The van der Waals surface area contributed by atoms with Crippen LogP contribution in [-0.2, 0) is 20.2 Å². The van der Waals surface area contributed by atoms with Crippen LogP contribution in [0.3, 0.4) is 0 Å². The van der Waals surface area contributed by atoms with Gasteiger partial charge in [0.2, 0.25) is 11.9 Å². The summed E-state index contributed by atoms with van der Waals surface area (Å²) >= 11 is 1.19. The van der Waals surface area contributed by atoms with E-state index in [9.17, 15) is 31.0 Å². The maximum absolute atomic E-state index is 12.2. The van der Waals surface area contributed by atoms with E-state index >= 15 is 0 Å². The van der Waals surface area contributed by atoms with Crippen LogP contribution in [0.25, 0.3) is 21.5 Å². The first-order chi connectivity index (χ1) is 33.6. The number of aliphatic hydroxyl groups is 1. The minimum atomic E-state index is -4.54. The van der Waals surface area contributed by atoms with Crippen LogP contribution < -0.4 is 29.9 Å². The molecule has 0 saturated heterocycles. The van der Waals surface area contributed by atoms with Crippen molar-refractivity contribution in [2.75, 3.05) is 73.2 Å². The van der Waals surface area contributed by atoms with Crippen molar-refractivity contribution < 1.29 is 40.5 Å². The van der Waals surface area contributed by atoms with Gasteiger partial charge in [0.05, 0.1) is 55.0 Å². The number of ether oxygens (including phenoxy) is 2. The summed E-state index contributed by atoms with van der Waals surface area (Å²) in [4.78, 5) is 17.9. The molecule has 0 fully saturated rings. The molecule has 0 aliphatic rings. The molecule has 0 aliphatic carbocycles. The van der Waals surface area contributed by atoms with Gasteiger partial charge in [0.1, 0.15) is 32.7 Å². The van der Waals surface area contributed by atoms with Gasteiger partial charge in [-0.1, -0.05) is 60.3 Å². The molecule has 1 heterocycles. The summed E-state index contributed by atoms with van der Waals surface area (Å²) in [5.41, 5.74) is 3.55. The van der Waals surface area contributed by atoms with Crippen molar-refractivity contribution in [2.45, 2.75) is 42.6 Å². The molecule has 0 bridgehead atoms. The number of nitrogens with zero attached hydrogens (tertiary/aromatic N) is 9. The Morgan fingerprint density at radius 2 is 0.943 bits per heavy atom. The third-order valence-electron chi connectivity index (χ3n) is 11.0. The molecule has 366 valence electrons. The third-order valence-corrected chi connectivity index (χ3v) is 13.7. The summed E-state index contributed by atoms with van der Waals surface area (Å²) in [5, 5.41) is 36.5. The summed E-state index contributed by atoms with van der Waals surface area (Å²) in [6.45, 7) is 10.5. The highest BCUT2D eigenvalue weighted by molar-refractivity contribution is 7.99. The highest BCUT2D eigenvalue weighted by atomic mass is 32.2. The molecule has 0 saturated carbocycles. The number of fused-ring (bicyclic) bond motifs is 2. The number of hydrogen-bond donors (Lipinski definition) is 5. The van der Waals surface area contributed by atoms with Crippen molar-refractivity contribution >= 4 is 111 Å². The van der Waals surface area contributed by atoms with Crippen molar-refractivity contribution in [3.63, 3.8) is 0 Å². The second-order valence-corrected chi connectivity index (χ2v) is 19.0. The minimum absolute atomic E-state index is 0.0825. The zero-order valence-electron chi connectivity index (χ0n) is 39.0. The van der Waals surface area contributed by atoms with Crippen molar-refractivity contribution in [1.29, 1.82) is 0 Å². The van der Waals surface area contributed by atoms with Gasteiger partial charge in [-0.2, -0.15) is 31.8 Å². The lowest BCUT2D eigenvalue weighted by Crippen LogP contribution is -2.22. The van der Waals surface area contributed by atoms with E-state index < -0.39 is 20.2 Å². The van der Waals surface area contributed by atoms with Crippen molar-refractivity contribution in [2.24, 2.45) is 20.5 Å². The highest BCUT2D eigenvalue weighted by Crippen LogP contribution is 2.44. The molecule has 1 aromatic heterocycles. The molecule has 0 atom stereocenters. The topological polar surface area (TPSA) is 266 Å². The number of benzene rings is 6. The molecular weight excluding hydrogens is 959 g/mol. The zero-order valence-corrected chi connectivity index (χ0v) is 41.5. The molecule has 5 N–H and O–H groups in total. The Morgan fingerprint density at radius 3 is 1.30 bits per heavy atom. The number of hydrogen-bond acceptors (Lipinski definition) is 19. The first-order valence-electron chi connectivity index (χ1n) is 21.9. The van der Waals surface area contributed by atoms with Gasteiger partial charge < -0.3 is 35.0 Å². The maximum atomic E-state index is 12.2. The molecule has 0 radical (unpaired) electrons. The van der Waals surface area contributed by atoms with Gasteiger partial charge in [0.25, 0.3) is 20.2 Å². The van der Waals surface area contributed by atoms with Crippen LogP contribution in [0.4, 0.5) is 57.4 Å². The van der Waals surface area contributed by atoms with Gasteiger partial charge >= 0.3 is 0 Å². The fourth-order valence-electron chi connectivity index (χ4n) is 7.69. The van der Waals surface area contributed by atoms with Gasteiger partial charge in [-0.25, -0.2) is 0 Å². The van der Waals surface area contributed by atoms with Gasteiger partial charge in [-0.3, -0.25) is 9.11 Å². The van der Waals surface area contributed by atoms with Crippen molar-refractivity contribution in [3.05, 3.63) is 97.1 Å². The van der Waals surface area contributed by atoms with Gasteiger partial charge in [-0.05, 0) is 64.1 Å². The number of azo groups is 2. The Morgan fingerprint density at radius 1 is 0.557 bits per heavy atom. The second-order valence-electron chi connectivity index (χ2n) is 15.1. The van der Waals surface area contributed by atoms with E-state index in [2.05, 4.69) is 40.9 Å². The number of nitrogens with one attached hydrogen (secondary N) is 2. The van der Waals surface area contributed by atoms with Crippen molar-refractivity contribution in [3.8, 4) is 11.5 Å². The maximum Gasteiger partial charge on any atom is 0.295 e. The smallest absolute Gasteiger partial charge is 0.295 e. The summed E-state index contributed by atoms with van der Waals surface area (Å²) in [6, 6.07) is 25.8. The molecule has 20 nitrogen and oxygen atoms in total. The highest BCUT2D eigenvalue weighted by Gasteiger charge is 2.22. The van der Waals surface area contributed by atoms with E-state index in [1.54, 1.807) is 74.9 Å². The minimum Gasteiger partial charge on any atom is -0.494 e. The molecule has 7 rings (SSSR count). The summed E-state index contributed by atoms with van der Waals surface area (Å²) < 4.78 is 80.5. The average Bonchev–Trinajstić information content (AvgIpc) is 3.34. The predicted octanol–water partition coefficient (Wildman–Crippen LogP) is 10.8. The SMILES string of the molecule is CCN(CC)c1cc(Nc2nc(Nc3cc(N(CC)CC)c(OC)cc3/N=N/c3ccc(S(=O)(=O)O)c4ccccc34)nc(SCCO)n2)c(/N=N/c2ccc(S(=O)(=O)O)c3ccccc23)cc1OC. The molecule has 0 spiro atoms. The summed E-state index contributed by atoms with van der Waals surface area (Å²) in [7, 11) is -5.99. The number of anilines is 6. The van der Waals surface area contributed by atoms with Gasteiger partial charge in [0, 0.05) is 65.6 Å². The first kappa shape index (κ1) is 50.8. The molecule has 7 aromatic rings. The third kappa shape index (κ3) is 11.4. The lowest BCUT2D eigenvalue weighted by molar-refractivity contribution is 0.322. The van der Waals surface area contributed by atoms with Gasteiger partial charge in [-0.15, -0.1) is 20.5 Å². The van der Waals surface area contributed by atoms with E-state index in [0.29, 0.717) is 82.6 Å². The van der Waals surface area contributed by atoms with Crippen LogP contribution in [0.15, 0.2) is 132 Å². The Kier molecular flexibility index (Phi) is 16.1. The van der Waals surface area contributed by atoms with Crippen LogP contribution in [0, 0.1) is 0 Å². The van der Waals surface area contributed by atoms with Crippen LogP contribution in [0.1, 0.15) is 27.7 Å². The largest absolute Gasteiger partial charge is 0.494 e. The monoisotopic (exact) mass is 1010 g/mol. The number of thioether (sulfide) groups is 1. The van der Waals surface area contributed by atoms with Crippen LogP contribution in [0.5, 0.6) is 11.5 Å². The first-order valence-corrected chi connectivity index (χ1v) is 25.8. The summed E-state index contributed by atoms with van der Waals surface area (Å²) in [6.07, 6.45) is 0. The van der Waals surface area contributed by atoms with Crippen LogP contribution in [-0.4, -0.2) is 98.8 Å². The standard InChI is InChI=1S/C47H51N11O9S3/c1-7-57(8-2)39-25-35(37(27-41(39)66-5)55-53-33-19-21-43(69(60,61)62)31-17-13-11-15-29(31)33)48-45-50-46(52-47(51-45)68-24-23-59)49-36-26-40(58(9-3)10-4)42(67-6)28-38(36)56-54-34-20-22-44(70(63,64)65)32-18-14-12-16-30(32)34/h11-22,25-28,59H,7-10,23-24H2,1-6H3,(H,60,61,62)(H,63,64,65)(H2,48,49,50,51,52)/b55-53+,56-54+. The van der Waals surface area contributed by atoms with Gasteiger partial charge in [0.15, 0.2) is 5.16 Å². The van der Waals surface area contributed by atoms with E-state index in [-0.39, 0.29) is 50.0 Å². The van der Waals surface area contributed by atoms with Crippen molar-refractivity contribution in [1.82, 2.24) is 15.0 Å². The Bertz CT molecular complexity index is 3120. The predicted molar refractivity (Wildman–Crippen MR) is 273 cm³/mol. The molecule has 23 heteroatoms. The molecule has 0 amide bonds. The fraction of sp³-hybridized carbons (Fsp3) is 0.255. The quantitative estimate of drug-likeness (QED) is 0.0254. The van der Waals surface area contributed by atoms with Crippen LogP contribution in [0.2, 0.25) is 0 Å².